The first-order valence-electron chi connectivity index (χ1n) is 9.41. The maximum absolute atomic E-state index is 4.59. The predicted octanol–water partition coefficient (Wildman–Crippen LogP) is 6.60. The molecule has 1 heteroatoms. The normalized spacial score (nSPS) is 16.7. The summed E-state index contributed by atoms with van der Waals surface area (Å²) in [5.74, 6) is 0. The zero-order valence-corrected chi connectivity index (χ0v) is 16.6. The molecule has 1 aliphatic carbocycles. The quantitative estimate of drug-likeness (QED) is 0.486. The Labute approximate surface area is 157 Å². The summed E-state index contributed by atoms with van der Waals surface area (Å²) in [5, 5.41) is 0. The molecule has 0 spiro atoms. The summed E-state index contributed by atoms with van der Waals surface area (Å²) in [6.45, 7) is 13.8. The fraction of sp³-hybridized carbons (Fsp3) is 0.320. The molecule has 0 saturated heterocycles. The third-order valence-electron chi connectivity index (χ3n) is 6.61. The maximum atomic E-state index is 4.59. The van der Waals surface area contributed by atoms with E-state index in [-0.39, 0.29) is 10.8 Å². The first kappa shape index (κ1) is 17.0. The van der Waals surface area contributed by atoms with Gasteiger partial charge in [-0.25, -0.2) is 0 Å². The average Bonchev–Trinajstić information content (AvgIpc) is 2.60. The summed E-state index contributed by atoms with van der Waals surface area (Å²) < 4.78 is 0. The van der Waals surface area contributed by atoms with Crippen molar-refractivity contribution >= 4 is 0 Å². The molecule has 0 amide bonds. The van der Waals surface area contributed by atoms with Crippen molar-refractivity contribution in [1.29, 1.82) is 0 Å². The molecule has 0 N–H and O–H groups in total. The van der Waals surface area contributed by atoms with Gasteiger partial charge in [0.15, 0.2) is 0 Å². The number of rotatable bonds is 1. The molecule has 0 radical (unpaired) electrons. The van der Waals surface area contributed by atoms with Crippen molar-refractivity contribution in [2.24, 2.45) is 0 Å². The lowest BCUT2D eigenvalue weighted by atomic mass is 9.55. The highest BCUT2D eigenvalue weighted by Crippen LogP contribution is 2.54. The van der Waals surface area contributed by atoms with Crippen LogP contribution in [-0.4, -0.2) is 4.98 Å². The average molecular weight is 341 g/mol. The van der Waals surface area contributed by atoms with E-state index in [1.54, 1.807) is 0 Å². The van der Waals surface area contributed by atoms with Crippen LogP contribution < -0.4 is 0 Å². The van der Waals surface area contributed by atoms with Crippen LogP contribution in [0.15, 0.2) is 54.7 Å². The molecule has 0 atom stereocenters. The van der Waals surface area contributed by atoms with E-state index in [0.717, 1.165) is 5.69 Å². The van der Waals surface area contributed by atoms with Gasteiger partial charge in [-0.1, -0.05) is 63.6 Å². The number of pyridine rings is 1. The molecule has 0 fully saturated rings. The van der Waals surface area contributed by atoms with E-state index in [2.05, 4.69) is 89.0 Å². The smallest absolute Gasteiger partial charge is 0.0704 e. The molecule has 2 aromatic carbocycles. The minimum Gasteiger partial charge on any atom is -0.256 e. The number of nitrogens with zero attached hydrogens (tertiary/aromatic N) is 1. The molecule has 26 heavy (non-hydrogen) atoms. The third kappa shape index (κ3) is 2.34. The van der Waals surface area contributed by atoms with Crippen LogP contribution >= 0.6 is 0 Å². The van der Waals surface area contributed by atoms with Gasteiger partial charge < -0.3 is 0 Å². The Morgan fingerprint density at radius 2 is 1.35 bits per heavy atom. The summed E-state index contributed by atoms with van der Waals surface area (Å²) in [6, 6.07) is 18.0. The van der Waals surface area contributed by atoms with Crippen molar-refractivity contribution < 1.29 is 0 Å². The Hall–Kier alpha value is -2.41. The van der Waals surface area contributed by atoms with Crippen LogP contribution in [0, 0.1) is 13.8 Å². The molecule has 0 unspecified atom stereocenters. The Balaban J connectivity index is 2.00. The molecule has 1 heterocycles. The van der Waals surface area contributed by atoms with E-state index in [1.807, 2.05) is 12.3 Å². The van der Waals surface area contributed by atoms with Gasteiger partial charge in [-0.2, -0.15) is 0 Å². The van der Waals surface area contributed by atoms with Crippen molar-refractivity contribution in [3.8, 4) is 22.4 Å². The second kappa shape index (κ2) is 5.54. The van der Waals surface area contributed by atoms with Crippen LogP contribution in [0.3, 0.4) is 0 Å². The third-order valence-corrected chi connectivity index (χ3v) is 6.61. The van der Waals surface area contributed by atoms with Crippen LogP contribution in [0.5, 0.6) is 0 Å². The summed E-state index contributed by atoms with van der Waals surface area (Å²) in [6.07, 6.45) is 1.90. The molecule has 0 aliphatic heterocycles. The fourth-order valence-corrected chi connectivity index (χ4v) is 4.25. The number of hydrogen-bond acceptors (Lipinski definition) is 1. The molecule has 1 aliphatic rings. The number of benzene rings is 2. The van der Waals surface area contributed by atoms with E-state index in [9.17, 15) is 0 Å². The zero-order valence-electron chi connectivity index (χ0n) is 16.6. The molecule has 1 aromatic heterocycles. The molecule has 0 bridgehead atoms. The van der Waals surface area contributed by atoms with Gasteiger partial charge in [0.1, 0.15) is 0 Å². The van der Waals surface area contributed by atoms with Crippen molar-refractivity contribution in [3.05, 3.63) is 77.0 Å². The highest BCUT2D eigenvalue weighted by atomic mass is 14.7. The Morgan fingerprint density at radius 1 is 0.654 bits per heavy atom. The fourth-order valence-electron chi connectivity index (χ4n) is 4.25. The largest absolute Gasteiger partial charge is 0.256 e. The first-order chi connectivity index (χ1) is 12.2. The second-order valence-corrected chi connectivity index (χ2v) is 8.78. The van der Waals surface area contributed by atoms with Crippen LogP contribution in [0.1, 0.15) is 49.9 Å². The molecule has 0 saturated carbocycles. The van der Waals surface area contributed by atoms with Gasteiger partial charge in [0.2, 0.25) is 0 Å². The lowest BCUT2D eigenvalue weighted by Crippen LogP contribution is -2.43. The summed E-state index contributed by atoms with van der Waals surface area (Å²) in [4.78, 5) is 4.59. The Morgan fingerprint density at radius 3 is 2.08 bits per heavy atom. The van der Waals surface area contributed by atoms with E-state index >= 15 is 0 Å². The number of hydrogen-bond donors (Lipinski definition) is 0. The van der Waals surface area contributed by atoms with Crippen LogP contribution in [0.4, 0.5) is 0 Å². The van der Waals surface area contributed by atoms with Crippen molar-refractivity contribution in [2.75, 3.05) is 0 Å². The van der Waals surface area contributed by atoms with Crippen molar-refractivity contribution in [2.45, 2.75) is 52.4 Å². The molecule has 1 nitrogen and oxygen atoms in total. The van der Waals surface area contributed by atoms with Gasteiger partial charge in [-0.05, 0) is 70.7 Å². The highest BCUT2D eigenvalue weighted by Gasteiger charge is 2.45. The number of fused-ring (bicyclic) bond motifs is 3. The van der Waals surface area contributed by atoms with Crippen LogP contribution in [0.25, 0.3) is 22.4 Å². The topological polar surface area (TPSA) is 12.9 Å². The van der Waals surface area contributed by atoms with Crippen LogP contribution in [-0.2, 0) is 10.8 Å². The van der Waals surface area contributed by atoms with Gasteiger partial charge in [-0.3, -0.25) is 4.98 Å². The standard InChI is InChI=1S/C25H27N/c1-16-7-9-19-20-15-18(23-14-17(2)11-12-26-23)8-10-21(20)24(3,4)25(5,6)22(19)13-16/h7-15H,1-6H3. The zero-order chi connectivity index (χ0) is 18.7. The second-order valence-electron chi connectivity index (χ2n) is 8.78. The minimum absolute atomic E-state index is 0.0572. The van der Waals surface area contributed by atoms with E-state index in [0.29, 0.717) is 0 Å². The van der Waals surface area contributed by atoms with Gasteiger partial charge in [0, 0.05) is 11.8 Å². The monoisotopic (exact) mass is 341 g/mol. The van der Waals surface area contributed by atoms with Gasteiger partial charge in [0.25, 0.3) is 0 Å². The number of aromatic nitrogens is 1. The molecular formula is C25H27N. The van der Waals surface area contributed by atoms with E-state index < -0.39 is 0 Å². The minimum atomic E-state index is 0.0572. The SMILES string of the molecule is Cc1ccnc(-c2ccc3c(c2)-c2ccc(C)cc2C(C)(C)C3(C)C)c1. The molecular weight excluding hydrogens is 314 g/mol. The lowest BCUT2D eigenvalue weighted by molar-refractivity contribution is 0.299. The van der Waals surface area contributed by atoms with Crippen molar-refractivity contribution in [3.63, 3.8) is 0 Å². The Bertz CT molecular complexity index is 1010. The van der Waals surface area contributed by atoms with E-state index in [4.69, 9.17) is 0 Å². The van der Waals surface area contributed by atoms with E-state index in [1.165, 1.54) is 38.9 Å². The molecule has 3 aromatic rings. The molecule has 132 valence electrons. The maximum Gasteiger partial charge on any atom is 0.0704 e. The summed E-state index contributed by atoms with van der Waals surface area (Å²) in [5.41, 5.74) is 10.5. The Kier molecular flexibility index (Phi) is 3.63. The van der Waals surface area contributed by atoms with Gasteiger partial charge >= 0.3 is 0 Å². The summed E-state index contributed by atoms with van der Waals surface area (Å²) >= 11 is 0. The first-order valence-corrected chi connectivity index (χ1v) is 9.41. The predicted molar refractivity (Wildman–Crippen MR) is 111 cm³/mol. The van der Waals surface area contributed by atoms with Crippen LogP contribution in [0.2, 0.25) is 0 Å². The van der Waals surface area contributed by atoms with Gasteiger partial charge in [0.05, 0.1) is 5.69 Å². The lowest BCUT2D eigenvalue weighted by Gasteiger charge is -2.48. The number of aryl methyl sites for hydroxylation is 2. The molecule has 4 rings (SSSR count). The van der Waals surface area contributed by atoms with Gasteiger partial charge in [-0.15, -0.1) is 0 Å². The highest BCUT2D eigenvalue weighted by molar-refractivity contribution is 5.81. The van der Waals surface area contributed by atoms with Crippen molar-refractivity contribution in [1.82, 2.24) is 4.98 Å². The summed E-state index contributed by atoms with van der Waals surface area (Å²) in [7, 11) is 0.